The molecule has 1 rings (SSSR count). The Hall–Kier alpha value is -0.650. The lowest BCUT2D eigenvalue weighted by molar-refractivity contribution is -0.124. The van der Waals surface area contributed by atoms with Crippen molar-refractivity contribution >= 4 is 5.91 Å². The van der Waals surface area contributed by atoms with Gasteiger partial charge in [-0.25, -0.2) is 0 Å². The highest BCUT2D eigenvalue weighted by Gasteiger charge is 2.31. The molecule has 118 valence electrons. The van der Waals surface area contributed by atoms with Crippen molar-refractivity contribution in [1.29, 1.82) is 0 Å². The molecule has 5 nitrogen and oxygen atoms in total. The number of hydrogen-bond acceptors (Lipinski definition) is 4. The van der Waals surface area contributed by atoms with Gasteiger partial charge in [-0.15, -0.1) is 0 Å². The van der Waals surface area contributed by atoms with Crippen molar-refractivity contribution in [2.75, 3.05) is 33.4 Å². The molecule has 1 aliphatic rings. The van der Waals surface area contributed by atoms with Crippen molar-refractivity contribution in [3.8, 4) is 0 Å². The molecule has 0 bridgehead atoms. The highest BCUT2D eigenvalue weighted by Crippen LogP contribution is 2.19. The van der Waals surface area contributed by atoms with Crippen molar-refractivity contribution < 1.29 is 9.53 Å². The number of carbonyl (C=O) groups is 1. The summed E-state index contributed by atoms with van der Waals surface area (Å²) in [4.78, 5) is 14.1. The number of nitrogens with two attached hydrogens (primary N) is 1. The molecule has 2 unspecified atom stereocenters. The molecule has 0 aromatic heterocycles. The molecule has 1 saturated heterocycles. The Balaban J connectivity index is 2.33. The number of carbonyl (C=O) groups excluding carboxylic acids is 1. The number of primary amides is 1. The van der Waals surface area contributed by atoms with Gasteiger partial charge in [0.1, 0.15) is 0 Å². The third-order valence-corrected chi connectivity index (χ3v) is 4.07. The summed E-state index contributed by atoms with van der Waals surface area (Å²) < 4.78 is 5.21. The Labute approximate surface area is 123 Å². The summed E-state index contributed by atoms with van der Waals surface area (Å²) in [5.74, 6) is 0.404. The highest BCUT2D eigenvalue weighted by molar-refractivity contribution is 5.84. The average molecular weight is 285 g/mol. The van der Waals surface area contributed by atoms with E-state index in [4.69, 9.17) is 10.5 Å². The first kappa shape index (κ1) is 17.4. The van der Waals surface area contributed by atoms with Crippen LogP contribution in [0.3, 0.4) is 0 Å². The van der Waals surface area contributed by atoms with Crippen LogP contribution in [0.25, 0.3) is 0 Å². The summed E-state index contributed by atoms with van der Waals surface area (Å²) in [5, 5.41) is 3.30. The normalized spacial score (nSPS) is 23.1. The maximum absolute atomic E-state index is 11.7. The second-order valence-corrected chi connectivity index (χ2v) is 6.51. The smallest absolute Gasteiger partial charge is 0.237 e. The number of hydrogen-bond donors (Lipinski definition) is 2. The molecule has 0 aromatic carbocycles. The lowest BCUT2D eigenvalue weighted by Gasteiger charge is -2.30. The first-order valence-electron chi connectivity index (χ1n) is 7.66. The molecule has 1 aliphatic heterocycles. The van der Waals surface area contributed by atoms with E-state index >= 15 is 0 Å². The van der Waals surface area contributed by atoms with Gasteiger partial charge in [0.15, 0.2) is 0 Å². The summed E-state index contributed by atoms with van der Waals surface area (Å²) in [7, 11) is 1.76. The summed E-state index contributed by atoms with van der Waals surface area (Å²) >= 11 is 0. The van der Waals surface area contributed by atoms with E-state index in [-0.39, 0.29) is 11.9 Å². The van der Waals surface area contributed by atoms with Gasteiger partial charge in [0.2, 0.25) is 5.91 Å². The second-order valence-electron chi connectivity index (χ2n) is 6.51. The van der Waals surface area contributed by atoms with E-state index in [2.05, 4.69) is 10.2 Å². The average Bonchev–Trinajstić information content (AvgIpc) is 2.76. The number of nitrogens with one attached hydrogen (secondary N) is 1. The fourth-order valence-electron chi connectivity index (χ4n) is 3.05. The van der Waals surface area contributed by atoms with Gasteiger partial charge in [0.25, 0.3) is 0 Å². The van der Waals surface area contributed by atoms with E-state index in [1.807, 2.05) is 20.8 Å². The largest absolute Gasteiger partial charge is 0.384 e. The molecule has 0 aromatic rings. The Bertz CT molecular complexity index is 309. The summed E-state index contributed by atoms with van der Waals surface area (Å²) in [6, 6.07) is 0.255. The van der Waals surface area contributed by atoms with Crippen molar-refractivity contribution in [3.63, 3.8) is 0 Å². The van der Waals surface area contributed by atoms with Gasteiger partial charge in [-0.1, -0.05) is 0 Å². The van der Waals surface area contributed by atoms with Gasteiger partial charge >= 0.3 is 0 Å². The van der Waals surface area contributed by atoms with Gasteiger partial charge in [0, 0.05) is 19.7 Å². The Kier molecular flexibility index (Phi) is 6.92. The standard InChI is InChI=1S/C15H31N3O2/c1-12(2)17-15(3,14(16)19)7-5-8-18-9-6-13(10-18)11-20-4/h12-13,17H,5-11H2,1-4H3,(H2,16,19). The number of ether oxygens (including phenoxy) is 1. The SMILES string of the molecule is COCC1CCN(CCCC(C)(NC(C)C)C(N)=O)C1. The van der Waals surface area contributed by atoms with Gasteiger partial charge in [-0.2, -0.15) is 0 Å². The number of amides is 1. The predicted octanol–water partition coefficient (Wildman–Crippen LogP) is 0.977. The second kappa shape index (κ2) is 7.96. The third kappa shape index (κ3) is 5.38. The molecule has 2 atom stereocenters. The molecule has 0 radical (unpaired) electrons. The quantitative estimate of drug-likeness (QED) is 0.662. The maximum Gasteiger partial charge on any atom is 0.237 e. The van der Waals surface area contributed by atoms with Crippen LogP contribution in [-0.2, 0) is 9.53 Å². The van der Waals surface area contributed by atoms with Crippen LogP contribution in [0.15, 0.2) is 0 Å². The van der Waals surface area contributed by atoms with Crippen LogP contribution in [-0.4, -0.2) is 55.7 Å². The monoisotopic (exact) mass is 285 g/mol. The van der Waals surface area contributed by atoms with Crippen molar-refractivity contribution in [2.24, 2.45) is 11.7 Å². The molecule has 0 spiro atoms. The molecule has 1 amide bonds. The van der Waals surface area contributed by atoms with E-state index < -0.39 is 5.54 Å². The minimum Gasteiger partial charge on any atom is -0.384 e. The van der Waals surface area contributed by atoms with E-state index in [0.29, 0.717) is 5.92 Å². The van der Waals surface area contributed by atoms with Gasteiger partial charge in [0.05, 0.1) is 12.1 Å². The van der Waals surface area contributed by atoms with Gasteiger partial charge < -0.3 is 20.7 Å². The van der Waals surface area contributed by atoms with E-state index in [0.717, 1.165) is 39.1 Å². The number of rotatable bonds is 9. The van der Waals surface area contributed by atoms with Gasteiger partial charge in [-0.05, 0) is 59.0 Å². The van der Waals surface area contributed by atoms with Crippen LogP contribution in [0.2, 0.25) is 0 Å². The van der Waals surface area contributed by atoms with Crippen LogP contribution in [0.5, 0.6) is 0 Å². The van der Waals surface area contributed by atoms with Crippen LogP contribution >= 0.6 is 0 Å². The number of likely N-dealkylation sites (tertiary alicyclic amines) is 1. The van der Waals surface area contributed by atoms with E-state index in [1.165, 1.54) is 6.42 Å². The minimum absolute atomic E-state index is 0.255. The third-order valence-electron chi connectivity index (χ3n) is 4.07. The van der Waals surface area contributed by atoms with Crippen molar-refractivity contribution in [1.82, 2.24) is 10.2 Å². The minimum atomic E-state index is -0.597. The first-order valence-corrected chi connectivity index (χ1v) is 7.66. The molecule has 0 aliphatic carbocycles. The molecule has 0 saturated carbocycles. The summed E-state index contributed by atoms with van der Waals surface area (Å²) in [6.45, 7) is 10.1. The van der Waals surface area contributed by atoms with Crippen LogP contribution in [0.1, 0.15) is 40.0 Å². The van der Waals surface area contributed by atoms with Crippen molar-refractivity contribution in [2.45, 2.75) is 51.6 Å². The molecule has 20 heavy (non-hydrogen) atoms. The summed E-state index contributed by atoms with van der Waals surface area (Å²) in [5.41, 5.74) is 4.95. The van der Waals surface area contributed by atoms with E-state index in [9.17, 15) is 4.79 Å². The molecule has 1 heterocycles. The first-order chi connectivity index (χ1) is 9.37. The lowest BCUT2D eigenvalue weighted by atomic mass is 9.94. The molecule has 3 N–H and O–H groups in total. The fraction of sp³-hybridized carbons (Fsp3) is 0.933. The Morgan fingerprint density at radius 2 is 2.25 bits per heavy atom. The molecular formula is C15H31N3O2. The zero-order chi connectivity index (χ0) is 15.2. The maximum atomic E-state index is 11.7. The van der Waals surface area contributed by atoms with Gasteiger partial charge in [-0.3, -0.25) is 4.79 Å². The Morgan fingerprint density at radius 1 is 1.55 bits per heavy atom. The van der Waals surface area contributed by atoms with E-state index in [1.54, 1.807) is 7.11 Å². The zero-order valence-electron chi connectivity index (χ0n) is 13.4. The number of nitrogens with zero attached hydrogens (tertiary/aromatic N) is 1. The zero-order valence-corrected chi connectivity index (χ0v) is 13.4. The Morgan fingerprint density at radius 3 is 2.80 bits per heavy atom. The molecule has 1 fully saturated rings. The molecule has 5 heteroatoms. The van der Waals surface area contributed by atoms with Crippen LogP contribution in [0, 0.1) is 5.92 Å². The van der Waals surface area contributed by atoms with Crippen LogP contribution in [0.4, 0.5) is 0 Å². The number of methoxy groups -OCH3 is 1. The topological polar surface area (TPSA) is 67.6 Å². The highest BCUT2D eigenvalue weighted by atomic mass is 16.5. The summed E-state index contributed by atoms with van der Waals surface area (Å²) in [6.07, 6.45) is 2.98. The lowest BCUT2D eigenvalue weighted by Crippen LogP contribution is -2.55. The van der Waals surface area contributed by atoms with Crippen LogP contribution < -0.4 is 11.1 Å². The molecular weight excluding hydrogens is 254 g/mol. The predicted molar refractivity (Wildman–Crippen MR) is 81.5 cm³/mol. The fourth-order valence-corrected chi connectivity index (χ4v) is 3.05. The van der Waals surface area contributed by atoms with Crippen molar-refractivity contribution in [3.05, 3.63) is 0 Å².